The molecule has 0 unspecified atom stereocenters. The Hall–Kier alpha value is -3.18. The van der Waals surface area contributed by atoms with E-state index in [1.54, 1.807) is 14.2 Å². The Morgan fingerprint density at radius 3 is 2.57 bits per heavy atom. The molecule has 0 amide bonds. The molecule has 3 aromatic carbocycles. The van der Waals surface area contributed by atoms with Gasteiger partial charge in [0.25, 0.3) is 0 Å². The molecule has 5 rings (SSSR count). The summed E-state index contributed by atoms with van der Waals surface area (Å²) in [5.41, 5.74) is 4.05. The van der Waals surface area contributed by atoms with Crippen LogP contribution >= 0.6 is 11.6 Å². The van der Waals surface area contributed by atoms with Gasteiger partial charge in [0.05, 0.1) is 26.0 Å². The third-order valence-electron chi connectivity index (χ3n) is 5.57. The predicted molar refractivity (Wildman–Crippen MR) is 117 cm³/mol. The van der Waals surface area contributed by atoms with Crippen molar-refractivity contribution in [3.63, 3.8) is 0 Å². The van der Waals surface area contributed by atoms with Gasteiger partial charge >= 0.3 is 0 Å². The number of para-hydroxylation sites is 1. The zero-order chi connectivity index (χ0) is 20.7. The van der Waals surface area contributed by atoms with Crippen LogP contribution in [0.4, 0.5) is 0 Å². The van der Waals surface area contributed by atoms with E-state index < -0.39 is 0 Å². The van der Waals surface area contributed by atoms with E-state index in [1.165, 1.54) is 0 Å². The van der Waals surface area contributed by atoms with E-state index in [1.807, 2.05) is 65.7 Å². The first-order valence-corrected chi connectivity index (χ1v) is 10.1. The lowest BCUT2D eigenvalue weighted by Gasteiger charge is -2.38. The van der Waals surface area contributed by atoms with Crippen LogP contribution in [0.3, 0.4) is 0 Å². The van der Waals surface area contributed by atoms with Gasteiger partial charge < -0.3 is 14.2 Å². The second kappa shape index (κ2) is 7.58. The maximum Gasteiger partial charge on any atom is 0.213 e. The standard InChI is InChI=1S/C24H21ClN2O3/c1-28-17-11-12-18(23(13-17)29-2)20-14-21-19-5-3-4-6-22(19)30-24(27(21)26-20)15-7-9-16(25)10-8-15/h3-13,21,24H,14H2,1-2H3/t21-,24+/m0/s1. The molecule has 0 N–H and O–H groups in total. The fourth-order valence-electron chi connectivity index (χ4n) is 4.08. The largest absolute Gasteiger partial charge is 0.497 e. The predicted octanol–water partition coefficient (Wildman–Crippen LogP) is 5.60. The van der Waals surface area contributed by atoms with Crippen LogP contribution in [0.5, 0.6) is 17.2 Å². The SMILES string of the molecule is COc1ccc(C2=NN3[C@@H](c4ccc(Cl)cc4)Oc4ccccc4[C@@H]3C2)c(OC)c1. The van der Waals surface area contributed by atoms with Gasteiger partial charge in [-0.25, -0.2) is 5.01 Å². The van der Waals surface area contributed by atoms with Crippen LogP contribution in [0, 0.1) is 0 Å². The fourth-order valence-corrected chi connectivity index (χ4v) is 4.21. The van der Waals surface area contributed by atoms with Crippen LogP contribution < -0.4 is 14.2 Å². The summed E-state index contributed by atoms with van der Waals surface area (Å²) in [4.78, 5) is 0. The highest BCUT2D eigenvalue weighted by Gasteiger charge is 2.41. The molecule has 0 saturated carbocycles. The van der Waals surface area contributed by atoms with Crippen LogP contribution in [-0.2, 0) is 0 Å². The average Bonchev–Trinajstić information content (AvgIpc) is 3.24. The lowest BCUT2D eigenvalue weighted by Crippen LogP contribution is -2.33. The van der Waals surface area contributed by atoms with Crippen LogP contribution in [0.25, 0.3) is 0 Å². The number of ether oxygens (including phenoxy) is 3. The van der Waals surface area contributed by atoms with Crippen molar-refractivity contribution in [2.24, 2.45) is 5.10 Å². The van der Waals surface area contributed by atoms with Gasteiger partial charge in [0, 0.05) is 34.2 Å². The second-order valence-corrected chi connectivity index (χ2v) is 7.71. The van der Waals surface area contributed by atoms with Crippen LogP contribution in [0.15, 0.2) is 71.8 Å². The minimum atomic E-state index is -0.330. The van der Waals surface area contributed by atoms with Gasteiger partial charge in [0.15, 0.2) is 0 Å². The van der Waals surface area contributed by atoms with Crippen molar-refractivity contribution in [2.75, 3.05) is 14.2 Å². The number of methoxy groups -OCH3 is 2. The maximum absolute atomic E-state index is 6.37. The quantitative estimate of drug-likeness (QED) is 0.551. The minimum Gasteiger partial charge on any atom is -0.497 e. The molecule has 2 heterocycles. The van der Waals surface area contributed by atoms with Crippen LogP contribution in [0.2, 0.25) is 5.02 Å². The molecule has 5 nitrogen and oxygen atoms in total. The molecule has 2 aliphatic rings. The third-order valence-corrected chi connectivity index (χ3v) is 5.83. The Bertz CT molecular complexity index is 1110. The van der Waals surface area contributed by atoms with Crippen molar-refractivity contribution < 1.29 is 14.2 Å². The fraction of sp³-hybridized carbons (Fsp3) is 0.208. The number of benzene rings is 3. The molecule has 152 valence electrons. The maximum atomic E-state index is 6.37. The van der Waals surface area contributed by atoms with Crippen molar-refractivity contribution in [2.45, 2.75) is 18.7 Å². The summed E-state index contributed by atoms with van der Waals surface area (Å²) in [5.74, 6) is 2.38. The van der Waals surface area contributed by atoms with Crippen molar-refractivity contribution in [1.82, 2.24) is 5.01 Å². The summed E-state index contributed by atoms with van der Waals surface area (Å²) in [6.45, 7) is 0. The number of hydrogen-bond donors (Lipinski definition) is 0. The van der Waals surface area contributed by atoms with Gasteiger partial charge in [0.1, 0.15) is 17.2 Å². The van der Waals surface area contributed by atoms with Crippen LogP contribution in [-0.4, -0.2) is 24.9 Å². The van der Waals surface area contributed by atoms with Crippen molar-refractivity contribution in [3.05, 3.63) is 88.4 Å². The highest BCUT2D eigenvalue weighted by molar-refractivity contribution is 6.30. The van der Waals surface area contributed by atoms with E-state index in [0.29, 0.717) is 5.02 Å². The number of fused-ring (bicyclic) bond motifs is 3. The molecule has 0 radical (unpaired) electrons. The lowest BCUT2D eigenvalue weighted by atomic mass is 9.95. The normalized spacial score (nSPS) is 19.4. The number of nitrogens with zero attached hydrogens (tertiary/aromatic N) is 2. The first-order chi connectivity index (χ1) is 14.7. The van der Waals surface area contributed by atoms with Gasteiger partial charge in [-0.3, -0.25) is 0 Å². The van der Waals surface area contributed by atoms with Crippen molar-refractivity contribution in [3.8, 4) is 17.2 Å². The topological polar surface area (TPSA) is 43.3 Å². The van der Waals surface area contributed by atoms with E-state index in [2.05, 4.69) is 6.07 Å². The molecule has 0 bridgehead atoms. The molecule has 0 aromatic heterocycles. The minimum absolute atomic E-state index is 0.0810. The van der Waals surface area contributed by atoms with E-state index >= 15 is 0 Å². The Morgan fingerprint density at radius 1 is 1.00 bits per heavy atom. The van der Waals surface area contributed by atoms with E-state index in [4.69, 9.17) is 30.9 Å². The van der Waals surface area contributed by atoms with Gasteiger partial charge in [-0.15, -0.1) is 0 Å². The molecule has 0 fully saturated rings. The molecular weight excluding hydrogens is 400 g/mol. The molecule has 2 atom stereocenters. The van der Waals surface area contributed by atoms with Gasteiger partial charge in [-0.05, 0) is 30.3 Å². The Labute approximate surface area is 180 Å². The molecule has 0 aliphatic carbocycles. The zero-order valence-electron chi connectivity index (χ0n) is 16.7. The number of hydrazone groups is 1. The molecule has 3 aromatic rings. The third kappa shape index (κ3) is 3.15. The van der Waals surface area contributed by atoms with E-state index in [0.717, 1.165) is 46.1 Å². The number of rotatable bonds is 4. The van der Waals surface area contributed by atoms with Gasteiger partial charge in [0.2, 0.25) is 6.23 Å². The summed E-state index contributed by atoms with van der Waals surface area (Å²) in [5, 5.41) is 7.74. The molecule has 6 heteroatoms. The molecule has 0 spiro atoms. The zero-order valence-corrected chi connectivity index (χ0v) is 17.5. The first-order valence-electron chi connectivity index (χ1n) is 9.77. The van der Waals surface area contributed by atoms with Gasteiger partial charge in [-0.2, -0.15) is 5.10 Å². The summed E-state index contributed by atoms with van der Waals surface area (Å²) in [6, 6.07) is 21.8. The summed E-state index contributed by atoms with van der Waals surface area (Å²) in [7, 11) is 3.31. The molecular formula is C24H21ClN2O3. The molecule has 30 heavy (non-hydrogen) atoms. The smallest absolute Gasteiger partial charge is 0.213 e. The molecule has 0 saturated heterocycles. The van der Waals surface area contributed by atoms with Crippen LogP contribution in [0.1, 0.15) is 35.4 Å². The summed E-state index contributed by atoms with van der Waals surface area (Å²) in [6.07, 6.45) is 0.427. The van der Waals surface area contributed by atoms with E-state index in [9.17, 15) is 0 Å². The highest BCUT2D eigenvalue weighted by atomic mass is 35.5. The Morgan fingerprint density at radius 2 is 1.80 bits per heavy atom. The van der Waals surface area contributed by atoms with Gasteiger partial charge in [-0.1, -0.05) is 41.9 Å². The summed E-state index contributed by atoms with van der Waals surface area (Å²) >= 11 is 6.10. The van der Waals surface area contributed by atoms with Crippen molar-refractivity contribution in [1.29, 1.82) is 0 Å². The van der Waals surface area contributed by atoms with Crippen molar-refractivity contribution >= 4 is 17.3 Å². The number of halogens is 1. The highest BCUT2D eigenvalue weighted by Crippen LogP contribution is 2.48. The average molecular weight is 421 g/mol. The lowest BCUT2D eigenvalue weighted by molar-refractivity contribution is -0.0190. The second-order valence-electron chi connectivity index (χ2n) is 7.27. The van der Waals surface area contributed by atoms with E-state index in [-0.39, 0.29) is 12.3 Å². The number of hydrogen-bond acceptors (Lipinski definition) is 5. The summed E-state index contributed by atoms with van der Waals surface area (Å²) < 4.78 is 17.3. The molecule has 2 aliphatic heterocycles. The first kappa shape index (κ1) is 18.8. The Kier molecular flexibility index (Phi) is 4.75. The Balaban J connectivity index is 1.59. The monoisotopic (exact) mass is 420 g/mol.